The second-order valence-electron chi connectivity index (χ2n) is 13.2. The Hall–Kier alpha value is -3.92. The molecule has 0 aromatic heterocycles. The highest BCUT2D eigenvalue weighted by atomic mass is 16.6. The van der Waals surface area contributed by atoms with Crippen molar-refractivity contribution in [3.05, 3.63) is 71.3 Å². The summed E-state index contributed by atoms with van der Waals surface area (Å²) in [5.74, 6) is -2.23. The molecule has 0 aliphatic heterocycles. The number of hydrogen-bond acceptors (Lipinski definition) is 7. The van der Waals surface area contributed by atoms with Crippen molar-refractivity contribution in [2.24, 2.45) is 5.92 Å². The first-order chi connectivity index (χ1) is 20.4. The van der Waals surface area contributed by atoms with Gasteiger partial charge in [-0.25, -0.2) is 9.59 Å². The van der Waals surface area contributed by atoms with Crippen LogP contribution in [0.3, 0.4) is 0 Å². The molecular weight excluding hydrogens is 562 g/mol. The van der Waals surface area contributed by atoms with Crippen LogP contribution in [0.2, 0.25) is 0 Å². The molecule has 3 atom stereocenters. The Bertz CT molecular complexity index is 1270. The number of esters is 1. The Morgan fingerprint density at radius 3 is 2.00 bits per heavy atom. The maximum Gasteiger partial charge on any atom is 0.408 e. The summed E-state index contributed by atoms with van der Waals surface area (Å²) in [5, 5.41) is 15.5. The van der Waals surface area contributed by atoms with Gasteiger partial charge in [-0.15, -0.1) is 0 Å². The lowest BCUT2D eigenvalue weighted by molar-refractivity contribution is -0.159. The molecule has 0 heterocycles. The SMILES string of the molecule is Cc1cccc(C(C(=O)NC(Cc2ccccc2)C(=O)OC(C)(C)C)N(CCO)C(=O)C(NC(=O)OC(C)(C)C)C(C)C)c1. The van der Waals surface area contributed by atoms with Crippen molar-refractivity contribution < 1.29 is 33.8 Å². The summed E-state index contributed by atoms with van der Waals surface area (Å²) < 4.78 is 11.0. The number of aryl methyl sites for hydroxylation is 1. The van der Waals surface area contributed by atoms with Crippen molar-refractivity contribution in [2.75, 3.05) is 13.2 Å². The van der Waals surface area contributed by atoms with E-state index < -0.39 is 59.8 Å². The van der Waals surface area contributed by atoms with E-state index in [9.17, 15) is 24.3 Å². The lowest BCUT2D eigenvalue weighted by Crippen LogP contribution is -2.56. The molecule has 3 unspecified atom stereocenters. The van der Waals surface area contributed by atoms with Crippen LogP contribution in [0.15, 0.2) is 54.6 Å². The molecule has 0 aliphatic rings. The van der Waals surface area contributed by atoms with Gasteiger partial charge in [-0.3, -0.25) is 9.59 Å². The Morgan fingerprint density at radius 1 is 0.864 bits per heavy atom. The zero-order chi connectivity index (χ0) is 33.2. The molecule has 44 heavy (non-hydrogen) atoms. The molecule has 0 spiro atoms. The number of ether oxygens (including phenoxy) is 2. The fourth-order valence-electron chi connectivity index (χ4n) is 4.58. The molecule has 0 aliphatic carbocycles. The molecule has 0 saturated heterocycles. The lowest BCUT2D eigenvalue weighted by Gasteiger charge is -2.36. The molecule has 0 saturated carbocycles. The van der Waals surface area contributed by atoms with E-state index in [2.05, 4.69) is 10.6 Å². The van der Waals surface area contributed by atoms with Crippen LogP contribution in [0.25, 0.3) is 0 Å². The summed E-state index contributed by atoms with van der Waals surface area (Å²) in [5.41, 5.74) is 0.534. The van der Waals surface area contributed by atoms with Crippen LogP contribution >= 0.6 is 0 Å². The number of aliphatic hydroxyl groups excluding tert-OH is 1. The fraction of sp³-hybridized carbons (Fsp3) is 0.529. The Morgan fingerprint density at radius 2 is 1.48 bits per heavy atom. The number of carbonyl (C=O) groups is 4. The summed E-state index contributed by atoms with van der Waals surface area (Å²) in [7, 11) is 0. The van der Waals surface area contributed by atoms with Gasteiger partial charge in [-0.1, -0.05) is 74.0 Å². The van der Waals surface area contributed by atoms with Crippen molar-refractivity contribution in [3.8, 4) is 0 Å². The molecule has 2 aromatic carbocycles. The third-order valence-corrected chi connectivity index (χ3v) is 6.44. The van der Waals surface area contributed by atoms with E-state index in [0.717, 1.165) is 11.1 Å². The molecule has 10 nitrogen and oxygen atoms in total. The second kappa shape index (κ2) is 15.7. The van der Waals surface area contributed by atoms with Gasteiger partial charge in [0, 0.05) is 13.0 Å². The summed E-state index contributed by atoms with van der Waals surface area (Å²) in [6.45, 7) is 15.1. The van der Waals surface area contributed by atoms with Crippen molar-refractivity contribution in [1.82, 2.24) is 15.5 Å². The largest absolute Gasteiger partial charge is 0.458 e. The first-order valence-corrected chi connectivity index (χ1v) is 15.0. The van der Waals surface area contributed by atoms with Crippen molar-refractivity contribution >= 4 is 23.9 Å². The minimum Gasteiger partial charge on any atom is -0.458 e. The number of hydrogen-bond donors (Lipinski definition) is 3. The summed E-state index contributed by atoms with van der Waals surface area (Å²) >= 11 is 0. The zero-order valence-corrected chi connectivity index (χ0v) is 27.5. The van der Waals surface area contributed by atoms with Gasteiger partial charge in [0.25, 0.3) is 0 Å². The van der Waals surface area contributed by atoms with Crippen LogP contribution < -0.4 is 10.6 Å². The average molecular weight is 612 g/mol. The van der Waals surface area contributed by atoms with E-state index in [1.807, 2.05) is 43.3 Å². The number of carbonyl (C=O) groups excluding carboxylic acids is 4. The monoisotopic (exact) mass is 611 g/mol. The van der Waals surface area contributed by atoms with Crippen molar-refractivity contribution in [2.45, 2.75) is 98.1 Å². The van der Waals surface area contributed by atoms with E-state index in [0.29, 0.717) is 5.56 Å². The minimum atomic E-state index is -1.24. The molecule has 0 fully saturated rings. The van der Waals surface area contributed by atoms with E-state index >= 15 is 0 Å². The van der Waals surface area contributed by atoms with Crippen LogP contribution in [0, 0.1) is 12.8 Å². The second-order valence-corrected chi connectivity index (χ2v) is 13.2. The van der Waals surface area contributed by atoms with Gasteiger partial charge in [0.05, 0.1) is 6.61 Å². The number of rotatable bonds is 12. The number of nitrogens with one attached hydrogen (secondary N) is 2. The van der Waals surface area contributed by atoms with Crippen molar-refractivity contribution in [3.63, 3.8) is 0 Å². The predicted molar refractivity (Wildman–Crippen MR) is 169 cm³/mol. The lowest BCUT2D eigenvalue weighted by atomic mass is 9.97. The molecule has 3 N–H and O–H groups in total. The fourth-order valence-corrected chi connectivity index (χ4v) is 4.58. The normalized spacial score (nSPS) is 13.8. The Labute approximate surface area is 261 Å². The minimum absolute atomic E-state index is 0.158. The highest BCUT2D eigenvalue weighted by Gasteiger charge is 2.39. The van der Waals surface area contributed by atoms with Crippen LogP contribution in [-0.2, 0) is 30.3 Å². The first kappa shape index (κ1) is 36.3. The molecule has 2 rings (SSSR count). The number of amides is 3. The highest BCUT2D eigenvalue weighted by molar-refractivity contribution is 5.94. The number of alkyl carbamates (subject to hydrolysis) is 1. The van der Waals surface area contributed by atoms with Gasteiger partial charge in [-0.2, -0.15) is 0 Å². The average Bonchev–Trinajstić information content (AvgIpc) is 2.89. The highest BCUT2D eigenvalue weighted by Crippen LogP contribution is 2.25. The number of nitrogens with zero attached hydrogens (tertiary/aromatic N) is 1. The topological polar surface area (TPSA) is 134 Å². The summed E-state index contributed by atoms with van der Waals surface area (Å²) in [6.07, 6.45) is -0.622. The van der Waals surface area contributed by atoms with Gasteiger partial charge in [-0.05, 0) is 65.5 Å². The smallest absolute Gasteiger partial charge is 0.408 e. The standard InChI is InChI=1S/C34H49N3O7/c1-22(2)27(36-32(42)44-34(7,8)9)30(40)37(18-19-38)28(25-17-13-14-23(3)20-25)29(39)35-26(31(41)43-33(4,5)6)21-24-15-11-10-12-16-24/h10-17,20,22,26-28,38H,18-19,21H2,1-9H3,(H,35,39)(H,36,42). The van der Waals surface area contributed by atoms with E-state index in [4.69, 9.17) is 9.47 Å². The van der Waals surface area contributed by atoms with Crippen LogP contribution in [0.4, 0.5) is 4.79 Å². The van der Waals surface area contributed by atoms with Crippen LogP contribution in [0.5, 0.6) is 0 Å². The molecule has 242 valence electrons. The molecule has 10 heteroatoms. The maximum absolute atomic E-state index is 14.2. The van der Waals surface area contributed by atoms with Gasteiger partial charge >= 0.3 is 12.1 Å². The van der Waals surface area contributed by atoms with Gasteiger partial charge in [0.1, 0.15) is 29.3 Å². The first-order valence-electron chi connectivity index (χ1n) is 15.0. The van der Waals surface area contributed by atoms with Crippen molar-refractivity contribution in [1.29, 1.82) is 0 Å². The maximum atomic E-state index is 14.2. The summed E-state index contributed by atoms with van der Waals surface area (Å²) in [6, 6.07) is 13.0. The number of aliphatic hydroxyl groups is 1. The van der Waals surface area contributed by atoms with E-state index in [1.165, 1.54) is 4.90 Å². The van der Waals surface area contributed by atoms with Gasteiger partial charge < -0.3 is 30.1 Å². The molecular formula is C34H49N3O7. The molecule has 3 amide bonds. The van der Waals surface area contributed by atoms with Crippen LogP contribution in [0.1, 0.15) is 78.1 Å². The third-order valence-electron chi connectivity index (χ3n) is 6.44. The summed E-state index contributed by atoms with van der Waals surface area (Å²) in [4.78, 5) is 55.7. The quantitative estimate of drug-likeness (QED) is 0.302. The molecule has 0 radical (unpaired) electrons. The Balaban J connectivity index is 2.56. The predicted octanol–water partition coefficient (Wildman–Crippen LogP) is 4.48. The van der Waals surface area contributed by atoms with Crippen LogP contribution in [-0.4, -0.2) is 70.3 Å². The van der Waals surface area contributed by atoms with E-state index in [1.54, 1.807) is 73.6 Å². The van der Waals surface area contributed by atoms with Gasteiger partial charge in [0.2, 0.25) is 11.8 Å². The van der Waals surface area contributed by atoms with E-state index in [-0.39, 0.29) is 18.9 Å². The zero-order valence-electron chi connectivity index (χ0n) is 27.5. The van der Waals surface area contributed by atoms with Gasteiger partial charge in [0.15, 0.2) is 0 Å². The Kier molecular flexibility index (Phi) is 12.9. The third kappa shape index (κ3) is 11.6. The molecule has 0 bridgehead atoms. The molecule has 2 aromatic rings. The number of benzene rings is 2.